The summed E-state index contributed by atoms with van der Waals surface area (Å²) in [7, 11) is 0. The first kappa shape index (κ1) is 15.5. The normalized spacial score (nSPS) is 10.8. The van der Waals surface area contributed by atoms with Crippen molar-refractivity contribution in [2.24, 2.45) is 0 Å². The summed E-state index contributed by atoms with van der Waals surface area (Å²) in [5, 5.41) is 12.3. The van der Waals surface area contributed by atoms with Gasteiger partial charge in [0, 0.05) is 17.0 Å². The second-order valence-corrected chi connectivity index (χ2v) is 5.30. The van der Waals surface area contributed by atoms with Crippen LogP contribution in [-0.2, 0) is 6.42 Å². The average Bonchev–Trinajstić information content (AvgIpc) is 2.48. The maximum absolute atomic E-state index is 12.0. The Hall–Kier alpha value is -1.88. The van der Waals surface area contributed by atoms with Crippen LogP contribution in [0.1, 0.15) is 42.7 Å². The van der Waals surface area contributed by atoms with Gasteiger partial charge in [-0.3, -0.25) is 4.79 Å². The number of halogens is 1. The third-order valence-corrected chi connectivity index (χ3v) is 3.63. The van der Waals surface area contributed by atoms with E-state index in [4.69, 9.17) is 17.3 Å². The smallest absolute Gasteiger partial charge is 0.273 e. The van der Waals surface area contributed by atoms with Crippen molar-refractivity contribution >= 4 is 34.1 Å². The number of fused-ring (bicyclic) bond motifs is 1. The summed E-state index contributed by atoms with van der Waals surface area (Å²) in [5.41, 5.74) is 8.22. The maximum atomic E-state index is 12.0. The lowest BCUT2D eigenvalue weighted by molar-refractivity contribution is 0.0949. The van der Waals surface area contributed by atoms with Crippen molar-refractivity contribution < 1.29 is 4.79 Å². The summed E-state index contributed by atoms with van der Waals surface area (Å²) in [4.78, 5) is 12.0. The number of hydrogen-bond acceptors (Lipinski definition) is 4. The Morgan fingerprint density at radius 3 is 2.71 bits per heavy atom. The van der Waals surface area contributed by atoms with Crippen LogP contribution in [0.3, 0.4) is 0 Å². The van der Waals surface area contributed by atoms with E-state index in [1.165, 1.54) is 0 Å². The van der Waals surface area contributed by atoms with Crippen LogP contribution in [0, 0.1) is 0 Å². The van der Waals surface area contributed by atoms with Gasteiger partial charge in [-0.25, -0.2) is 0 Å². The zero-order chi connectivity index (χ0) is 15.4. The van der Waals surface area contributed by atoms with E-state index in [0.717, 1.165) is 30.2 Å². The van der Waals surface area contributed by atoms with Gasteiger partial charge >= 0.3 is 0 Å². The zero-order valence-electron chi connectivity index (χ0n) is 12.2. The fraction of sp³-hybridized carbons (Fsp3) is 0.400. The standard InChI is InChI=1S/C15H19ClN4O/c1-3-5-9-11(16)7-6-10-12(17)14(20-19-13(9)10)15(21)18-8-4-2/h6-7H,3-5,8H2,1-2H3,(H2,17,19)(H,18,21). The molecule has 6 heteroatoms. The Labute approximate surface area is 128 Å². The fourth-order valence-corrected chi connectivity index (χ4v) is 2.45. The van der Waals surface area contributed by atoms with Gasteiger partial charge in [-0.1, -0.05) is 31.9 Å². The number of amides is 1. The second-order valence-electron chi connectivity index (χ2n) is 4.89. The van der Waals surface area contributed by atoms with Crippen LogP contribution in [0.4, 0.5) is 5.69 Å². The van der Waals surface area contributed by atoms with Gasteiger partial charge in [0.25, 0.3) is 5.91 Å². The number of rotatable bonds is 5. The van der Waals surface area contributed by atoms with E-state index in [0.29, 0.717) is 22.8 Å². The number of aryl methyl sites for hydroxylation is 1. The van der Waals surface area contributed by atoms with Crippen molar-refractivity contribution in [1.29, 1.82) is 0 Å². The number of carbonyl (C=O) groups is 1. The number of carbonyl (C=O) groups excluding carboxylic acids is 1. The molecule has 2 rings (SSSR count). The molecule has 0 saturated carbocycles. The van der Waals surface area contributed by atoms with E-state index >= 15 is 0 Å². The van der Waals surface area contributed by atoms with Crippen LogP contribution in [0.2, 0.25) is 5.02 Å². The number of benzene rings is 1. The van der Waals surface area contributed by atoms with Crippen LogP contribution in [-0.4, -0.2) is 22.6 Å². The third-order valence-electron chi connectivity index (χ3n) is 3.27. The summed E-state index contributed by atoms with van der Waals surface area (Å²) < 4.78 is 0. The molecule has 2 aromatic rings. The van der Waals surface area contributed by atoms with Crippen LogP contribution < -0.4 is 11.1 Å². The summed E-state index contributed by atoms with van der Waals surface area (Å²) >= 11 is 6.22. The molecule has 3 N–H and O–H groups in total. The summed E-state index contributed by atoms with van der Waals surface area (Å²) in [6.07, 6.45) is 2.59. The van der Waals surface area contributed by atoms with Gasteiger partial charge < -0.3 is 11.1 Å². The summed E-state index contributed by atoms with van der Waals surface area (Å²) in [6.45, 7) is 4.63. The monoisotopic (exact) mass is 306 g/mol. The van der Waals surface area contributed by atoms with Gasteiger partial charge in [0.1, 0.15) is 0 Å². The number of nitrogens with two attached hydrogens (primary N) is 1. The van der Waals surface area contributed by atoms with E-state index < -0.39 is 0 Å². The summed E-state index contributed by atoms with van der Waals surface area (Å²) in [6, 6.07) is 3.58. The van der Waals surface area contributed by atoms with Crippen molar-refractivity contribution in [1.82, 2.24) is 15.5 Å². The molecule has 0 fully saturated rings. The third kappa shape index (κ3) is 3.08. The highest BCUT2D eigenvalue weighted by molar-refractivity contribution is 6.32. The molecule has 5 nitrogen and oxygen atoms in total. The maximum Gasteiger partial charge on any atom is 0.273 e. The van der Waals surface area contributed by atoms with Gasteiger partial charge in [0.2, 0.25) is 0 Å². The lowest BCUT2D eigenvalue weighted by Gasteiger charge is -2.11. The molecule has 1 heterocycles. The zero-order valence-corrected chi connectivity index (χ0v) is 13.0. The number of anilines is 1. The van der Waals surface area contributed by atoms with Crippen molar-refractivity contribution in [3.8, 4) is 0 Å². The van der Waals surface area contributed by atoms with Gasteiger partial charge in [-0.15, -0.1) is 10.2 Å². The van der Waals surface area contributed by atoms with Gasteiger partial charge in [0.15, 0.2) is 5.69 Å². The molecule has 0 bridgehead atoms. The first-order valence-corrected chi connectivity index (χ1v) is 7.49. The lowest BCUT2D eigenvalue weighted by Crippen LogP contribution is -2.26. The molecular formula is C15H19ClN4O. The Morgan fingerprint density at radius 2 is 2.05 bits per heavy atom. The highest BCUT2D eigenvalue weighted by atomic mass is 35.5. The van der Waals surface area contributed by atoms with Crippen LogP contribution in [0.25, 0.3) is 10.9 Å². The fourth-order valence-electron chi connectivity index (χ4n) is 2.20. The number of hydrogen-bond donors (Lipinski definition) is 2. The molecule has 1 amide bonds. The molecule has 112 valence electrons. The number of nitrogen functional groups attached to an aromatic ring is 1. The van der Waals surface area contributed by atoms with Crippen molar-refractivity contribution in [3.05, 3.63) is 28.4 Å². The molecule has 0 aliphatic carbocycles. The van der Waals surface area contributed by atoms with Crippen molar-refractivity contribution in [2.75, 3.05) is 12.3 Å². The SMILES string of the molecule is CCCNC(=O)c1nnc2c(CCC)c(Cl)ccc2c1N. The van der Waals surface area contributed by atoms with E-state index in [9.17, 15) is 4.79 Å². The molecule has 1 aromatic carbocycles. The number of nitrogens with one attached hydrogen (secondary N) is 1. The molecule has 0 spiro atoms. The van der Waals surface area contributed by atoms with E-state index in [-0.39, 0.29) is 11.6 Å². The molecule has 0 unspecified atom stereocenters. The highest BCUT2D eigenvalue weighted by Crippen LogP contribution is 2.29. The minimum absolute atomic E-state index is 0.167. The molecule has 0 atom stereocenters. The molecule has 0 radical (unpaired) electrons. The Morgan fingerprint density at radius 1 is 1.29 bits per heavy atom. The van der Waals surface area contributed by atoms with Crippen molar-refractivity contribution in [3.63, 3.8) is 0 Å². The topological polar surface area (TPSA) is 80.9 Å². The first-order valence-electron chi connectivity index (χ1n) is 7.11. The van der Waals surface area contributed by atoms with Gasteiger partial charge in [-0.2, -0.15) is 0 Å². The van der Waals surface area contributed by atoms with E-state index in [2.05, 4.69) is 22.4 Å². The average molecular weight is 307 g/mol. The Kier molecular flexibility index (Phi) is 4.96. The van der Waals surface area contributed by atoms with Crippen LogP contribution in [0.15, 0.2) is 12.1 Å². The largest absolute Gasteiger partial charge is 0.396 e. The van der Waals surface area contributed by atoms with E-state index in [1.54, 1.807) is 12.1 Å². The predicted molar refractivity (Wildman–Crippen MR) is 85.6 cm³/mol. The summed E-state index contributed by atoms with van der Waals surface area (Å²) in [5.74, 6) is -0.296. The molecule has 21 heavy (non-hydrogen) atoms. The second kappa shape index (κ2) is 6.72. The highest BCUT2D eigenvalue weighted by Gasteiger charge is 2.17. The molecule has 0 saturated heterocycles. The molecule has 0 aliphatic heterocycles. The van der Waals surface area contributed by atoms with Crippen LogP contribution in [0.5, 0.6) is 0 Å². The van der Waals surface area contributed by atoms with Gasteiger partial charge in [0.05, 0.1) is 11.2 Å². The van der Waals surface area contributed by atoms with Crippen molar-refractivity contribution in [2.45, 2.75) is 33.1 Å². The number of aromatic nitrogens is 2. The lowest BCUT2D eigenvalue weighted by atomic mass is 10.0. The quantitative estimate of drug-likeness (QED) is 0.890. The number of nitrogens with zero attached hydrogens (tertiary/aromatic N) is 2. The first-order chi connectivity index (χ1) is 10.1. The predicted octanol–water partition coefficient (Wildman–Crippen LogP) is 2.96. The molecule has 1 aromatic heterocycles. The molecule has 0 aliphatic rings. The Balaban J connectivity index is 2.53. The van der Waals surface area contributed by atoms with Gasteiger partial charge in [-0.05, 0) is 30.5 Å². The van der Waals surface area contributed by atoms with E-state index in [1.807, 2.05) is 6.92 Å². The van der Waals surface area contributed by atoms with Crippen LogP contribution >= 0.6 is 11.6 Å². The minimum atomic E-state index is -0.296. The minimum Gasteiger partial charge on any atom is -0.396 e. The Bertz CT molecular complexity index is 672. The molecular weight excluding hydrogens is 288 g/mol.